The Morgan fingerprint density at radius 1 is 1.22 bits per heavy atom. The minimum Gasteiger partial charge on any atom is -0.383 e. The van der Waals surface area contributed by atoms with Crippen LogP contribution in [0.15, 0.2) is 38.4 Å². The molecule has 7 heteroatoms. The van der Waals surface area contributed by atoms with Crippen LogP contribution in [0, 0.1) is 0 Å². The third-order valence-electron chi connectivity index (χ3n) is 2.10. The van der Waals surface area contributed by atoms with Crippen molar-refractivity contribution < 1.29 is 0 Å². The predicted octanol–water partition coefficient (Wildman–Crippen LogP) is 4.05. The van der Waals surface area contributed by atoms with Crippen LogP contribution in [-0.2, 0) is 0 Å². The number of nitrogen functional groups attached to an aromatic ring is 1. The highest BCUT2D eigenvalue weighted by molar-refractivity contribution is 9.11. The Labute approximate surface area is 126 Å². The second-order valence-corrected chi connectivity index (χ2v) is 5.96. The van der Waals surface area contributed by atoms with Crippen LogP contribution in [0.2, 0.25) is 0 Å². The van der Waals surface area contributed by atoms with E-state index in [1.807, 2.05) is 24.5 Å². The van der Waals surface area contributed by atoms with Gasteiger partial charge in [0.1, 0.15) is 11.6 Å². The normalized spacial score (nSPS) is 10.4. The van der Waals surface area contributed by atoms with E-state index in [0.717, 1.165) is 14.6 Å². The monoisotopic (exact) mass is 388 g/mol. The van der Waals surface area contributed by atoms with E-state index < -0.39 is 0 Å². The lowest BCUT2D eigenvalue weighted by atomic mass is 10.3. The smallest absolute Gasteiger partial charge is 0.191 e. The molecular formula is C11H10Br2N4S. The van der Waals surface area contributed by atoms with E-state index >= 15 is 0 Å². The highest BCUT2D eigenvalue weighted by Crippen LogP contribution is 2.29. The quantitative estimate of drug-likeness (QED) is 0.612. The molecule has 2 aromatic rings. The number of aromatic nitrogens is 2. The van der Waals surface area contributed by atoms with Gasteiger partial charge in [0.05, 0.1) is 5.69 Å². The number of hydrogen-bond donors (Lipinski definition) is 2. The summed E-state index contributed by atoms with van der Waals surface area (Å²) in [6.07, 6.45) is 1.91. The minimum absolute atomic E-state index is 0.449. The van der Waals surface area contributed by atoms with Crippen LogP contribution in [0.1, 0.15) is 0 Å². The fraction of sp³-hybridized carbons (Fsp3) is 0.0909. The number of rotatable bonds is 3. The number of anilines is 3. The van der Waals surface area contributed by atoms with Crippen molar-refractivity contribution in [3.8, 4) is 0 Å². The molecule has 2 rings (SSSR count). The summed E-state index contributed by atoms with van der Waals surface area (Å²) in [7, 11) is 0. The van der Waals surface area contributed by atoms with Crippen molar-refractivity contribution in [1.29, 1.82) is 0 Å². The molecule has 0 aliphatic heterocycles. The van der Waals surface area contributed by atoms with Gasteiger partial charge in [-0.2, -0.15) is 0 Å². The van der Waals surface area contributed by atoms with Gasteiger partial charge in [-0.25, -0.2) is 9.97 Å². The Bertz CT molecular complexity index is 577. The first-order chi connectivity index (χ1) is 8.58. The average Bonchev–Trinajstić information content (AvgIpc) is 2.32. The molecule has 0 spiro atoms. The zero-order chi connectivity index (χ0) is 13.1. The van der Waals surface area contributed by atoms with Gasteiger partial charge in [0.2, 0.25) is 0 Å². The Morgan fingerprint density at radius 2 is 2.00 bits per heavy atom. The maximum atomic E-state index is 5.73. The van der Waals surface area contributed by atoms with E-state index in [4.69, 9.17) is 5.73 Å². The molecule has 1 heterocycles. The van der Waals surface area contributed by atoms with Gasteiger partial charge >= 0.3 is 0 Å². The maximum Gasteiger partial charge on any atom is 0.191 e. The molecule has 1 aromatic heterocycles. The van der Waals surface area contributed by atoms with Crippen LogP contribution < -0.4 is 11.1 Å². The molecule has 0 saturated carbocycles. The van der Waals surface area contributed by atoms with Crippen molar-refractivity contribution in [3.05, 3.63) is 33.2 Å². The summed E-state index contributed by atoms with van der Waals surface area (Å²) in [5.74, 6) is 1.12. The predicted molar refractivity (Wildman–Crippen MR) is 83.4 cm³/mol. The van der Waals surface area contributed by atoms with E-state index in [1.54, 1.807) is 6.07 Å². The summed E-state index contributed by atoms with van der Waals surface area (Å²) in [4.78, 5) is 8.44. The standard InChI is InChI=1S/C11H10Br2N4S/c1-18-11-16-9(14)5-10(17-11)15-8-3-2-6(12)4-7(8)13/h2-5H,1H3,(H3,14,15,16,17). The van der Waals surface area contributed by atoms with E-state index in [0.29, 0.717) is 16.8 Å². The van der Waals surface area contributed by atoms with Gasteiger partial charge in [-0.15, -0.1) is 0 Å². The van der Waals surface area contributed by atoms with Crippen molar-refractivity contribution in [2.45, 2.75) is 5.16 Å². The lowest BCUT2D eigenvalue weighted by Gasteiger charge is -2.09. The van der Waals surface area contributed by atoms with Crippen LogP contribution in [-0.4, -0.2) is 16.2 Å². The van der Waals surface area contributed by atoms with E-state index in [9.17, 15) is 0 Å². The van der Waals surface area contributed by atoms with Crippen LogP contribution >= 0.6 is 43.6 Å². The molecule has 0 unspecified atom stereocenters. The summed E-state index contributed by atoms with van der Waals surface area (Å²) < 4.78 is 1.95. The van der Waals surface area contributed by atoms with Crippen molar-refractivity contribution >= 4 is 60.9 Å². The fourth-order valence-electron chi connectivity index (χ4n) is 1.33. The largest absolute Gasteiger partial charge is 0.383 e. The molecule has 0 fully saturated rings. The lowest BCUT2D eigenvalue weighted by molar-refractivity contribution is 0.984. The van der Waals surface area contributed by atoms with Crippen molar-refractivity contribution in [1.82, 2.24) is 9.97 Å². The third kappa shape index (κ3) is 3.37. The summed E-state index contributed by atoms with van der Waals surface area (Å²) in [5.41, 5.74) is 6.65. The second kappa shape index (κ2) is 5.90. The van der Waals surface area contributed by atoms with Gasteiger partial charge < -0.3 is 11.1 Å². The first kappa shape index (κ1) is 13.6. The van der Waals surface area contributed by atoms with Gasteiger partial charge in [-0.05, 0) is 40.4 Å². The molecule has 0 saturated heterocycles. The highest BCUT2D eigenvalue weighted by Gasteiger charge is 2.05. The van der Waals surface area contributed by atoms with Crippen molar-refractivity contribution in [2.75, 3.05) is 17.3 Å². The SMILES string of the molecule is CSc1nc(N)cc(Nc2ccc(Br)cc2Br)n1. The van der Waals surface area contributed by atoms with Gasteiger partial charge in [-0.3, -0.25) is 0 Å². The molecule has 4 nitrogen and oxygen atoms in total. The molecule has 0 radical (unpaired) electrons. The Kier molecular flexibility index (Phi) is 4.47. The van der Waals surface area contributed by atoms with Gasteiger partial charge in [0, 0.05) is 15.0 Å². The minimum atomic E-state index is 0.449. The number of nitrogens with one attached hydrogen (secondary N) is 1. The molecule has 3 N–H and O–H groups in total. The maximum absolute atomic E-state index is 5.73. The molecule has 0 aliphatic rings. The molecular weight excluding hydrogens is 380 g/mol. The van der Waals surface area contributed by atoms with Crippen LogP contribution in [0.4, 0.5) is 17.3 Å². The highest BCUT2D eigenvalue weighted by atomic mass is 79.9. The zero-order valence-corrected chi connectivity index (χ0v) is 13.4. The second-order valence-electron chi connectivity index (χ2n) is 3.41. The zero-order valence-electron chi connectivity index (χ0n) is 9.45. The number of hydrogen-bond acceptors (Lipinski definition) is 5. The first-order valence-electron chi connectivity index (χ1n) is 4.99. The first-order valence-corrected chi connectivity index (χ1v) is 7.80. The average molecular weight is 390 g/mol. The molecule has 0 aliphatic carbocycles. The molecule has 0 amide bonds. The van der Waals surface area contributed by atoms with Crippen molar-refractivity contribution in [2.24, 2.45) is 0 Å². The van der Waals surface area contributed by atoms with Gasteiger partial charge in [0.15, 0.2) is 5.16 Å². The van der Waals surface area contributed by atoms with Crippen LogP contribution in [0.3, 0.4) is 0 Å². The lowest BCUT2D eigenvalue weighted by Crippen LogP contribution is -2.00. The number of halogens is 2. The molecule has 0 atom stereocenters. The Hall–Kier alpha value is -0.790. The van der Waals surface area contributed by atoms with Gasteiger partial charge in [0.25, 0.3) is 0 Å². The Morgan fingerprint density at radius 3 is 2.67 bits per heavy atom. The Balaban J connectivity index is 2.30. The summed E-state index contributed by atoms with van der Waals surface area (Å²) >= 11 is 8.35. The molecule has 94 valence electrons. The third-order valence-corrected chi connectivity index (χ3v) is 3.80. The summed E-state index contributed by atoms with van der Waals surface area (Å²) in [6.45, 7) is 0. The number of nitrogens with two attached hydrogens (primary N) is 1. The van der Waals surface area contributed by atoms with E-state index in [-0.39, 0.29) is 0 Å². The summed E-state index contributed by atoms with van der Waals surface area (Å²) in [5, 5.41) is 3.85. The van der Waals surface area contributed by atoms with Crippen molar-refractivity contribution in [3.63, 3.8) is 0 Å². The number of benzene rings is 1. The molecule has 0 bridgehead atoms. The van der Waals surface area contributed by atoms with Crippen LogP contribution in [0.5, 0.6) is 0 Å². The fourth-order valence-corrected chi connectivity index (χ4v) is 2.86. The van der Waals surface area contributed by atoms with Crippen LogP contribution in [0.25, 0.3) is 0 Å². The topological polar surface area (TPSA) is 63.8 Å². The number of nitrogens with zero attached hydrogens (tertiary/aromatic N) is 2. The molecule has 18 heavy (non-hydrogen) atoms. The van der Waals surface area contributed by atoms with E-state index in [2.05, 4.69) is 47.1 Å². The van der Waals surface area contributed by atoms with E-state index in [1.165, 1.54) is 11.8 Å². The summed E-state index contributed by atoms with van der Waals surface area (Å²) in [6, 6.07) is 7.56. The number of thioether (sulfide) groups is 1. The molecule has 1 aromatic carbocycles. The van der Waals surface area contributed by atoms with Gasteiger partial charge in [-0.1, -0.05) is 27.7 Å².